The van der Waals surface area contributed by atoms with Crippen molar-refractivity contribution in [3.05, 3.63) is 24.3 Å². The molecule has 0 unspecified atom stereocenters. The fraction of sp³-hybridized carbons (Fsp3) is 0.273. The van der Waals surface area contributed by atoms with E-state index >= 15 is 0 Å². The summed E-state index contributed by atoms with van der Waals surface area (Å²) in [6.45, 7) is -0.876. The summed E-state index contributed by atoms with van der Waals surface area (Å²) in [5.74, 6) is -1.83. The zero-order valence-electron chi connectivity index (χ0n) is 9.25. The van der Waals surface area contributed by atoms with Crippen molar-refractivity contribution in [2.75, 3.05) is 25.1 Å². The second-order valence-electron chi connectivity index (χ2n) is 3.32. The molecule has 0 aliphatic carbocycles. The summed E-state index contributed by atoms with van der Waals surface area (Å²) in [4.78, 5) is 22.3. The van der Waals surface area contributed by atoms with Gasteiger partial charge < -0.3 is 24.6 Å². The molecule has 0 aliphatic heterocycles. The number of rotatable bonds is 6. The molecule has 0 saturated carbocycles. The Morgan fingerprint density at radius 3 is 2.29 bits per heavy atom. The van der Waals surface area contributed by atoms with Gasteiger partial charge in [0.05, 0.1) is 19.6 Å². The lowest BCUT2D eigenvalue weighted by Crippen LogP contribution is -2.40. The van der Waals surface area contributed by atoms with E-state index in [0.717, 1.165) is 0 Å². The van der Waals surface area contributed by atoms with Crippen LogP contribution in [-0.4, -0.2) is 37.2 Å². The van der Waals surface area contributed by atoms with Gasteiger partial charge in [-0.2, -0.15) is 0 Å². The lowest BCUT2D eigenvalue weighted by molar-refractivity contribution is -0.303. The smallest absolute Gasteiger partial charge is 0.323 e. The third-order valence-electron chi connectivity index (χ3n) is 2.08. The maximum absolute atomic E-state index is 10.6. The van der Waals surface area contributed by atoms with Crippen molar-refractivity contribution in [1.29, 1.82) is 0 Å². The first kappa shape index (κ1) is 12.8. The fourth-order valence-electron chi connectivity index (χ4n) is 1.35. The van der Waals surface area contributed by atoms with Crippen LogP contribution < -0.4 is 14.7 Å². The van der Waals surface area contributed by atoms with E-state index in [4.69, 9.17) is 9.84 Å². The number of anilines is 1. The molecule has 0 fully saturated rings. The molecule has 1 N–H and O–H groups in total. The van der Waals surface area contributed by atoms with Gasteiger partial charge >= 0.3 is 5.97 Å². The summed E-state index contributed by atoms with van der Waals surface area (Å²) >= 11 is 0. The maximum Gasteiger partial charge on any atom is 0.323 e. The van der Waals surface area contributed by atoms with Crippen LogP contribution in [0.4, 0.5) is 5.69 Å². The second-order valence-corrected chi connectivity index (χ2v) is 3.32. The van der Waals surface area contributed by atoms with Crippen LogP contribution in [0.5, 0.6) is 5.75 Å². The van der Waals surface area contributed by atoms with E-state index < -0.39 is 25.0 Å². The average Bonchev–Trinajstić information content (AvgIpc) is 2.27. The Labute approximate surface area is 98.0 Å². The van der Waals surface area contributed by atoms with Crippen LogP contribution in [0.1, 0.15) is 0 Å². The first-order valence-corrected chi connectivity index (χ1v) is 4.83. The number of carboxylic acids is 2. The molecule has 0 atom stereocenters. The third-order valence-corrected chi connectivity index (χ3v) is 2.08. The quantitative estimate of drug-likeness (QED) is 0.707. The molecule has 0 radical (unpaired) electrons. The van der Waals surface area contributed by atoms with Crippen molar-refractivity contribution in [2.45, 2.75) is 0 Å². The minimum absolute atomic E-state index is 0.402. The molecule has 1 aromatic carbocycles. The Morgan fingerprint density at radius 2 is 1.88 bits per heavy atom. The van der Waals surface area contributed by atoms with Crippen molar-refractivity contribution in [3.63, 3.8) is 0 Å². The van der Waals surface area contributed by atoms with E-state index in [9.17, 15) is 14.7 Å². The molecule has 0 bridgehead atoms. The Balaban J connectivity index is 2.86. The predicted molar refractivity (Wildman–Crippen MR) is 57.8 cm³/mol. The van der Waals surface area contributed by atoms with Gasteiger partial charge in [-0.25, -0.2) is 0 Å². The topological polar surface area (TPSA) is 89.9 Å². The van der Waals surface area contributed by atoms with Gasteiger partial charge in [0.1, 0.15) is 12.3 Å². The van der Waals surface area contributed by atoms with Crippen LogP contribution in [0.25, 0.3) is 0 Å². The number of ether oxygens (including phenoxy) is 1. The summed E-state index contributed by atoms with van der Waals surface area (Å²) in [7, 11) is 1.51. The van der Waals surface area contributed by atoms with Crippen molar-refractivity contribution >= 4 is 17.6 Å². The lowest BCUT2D eigenvalue weighted by Gasteiger charge is -2.23. The van der Waals surface area contributed by atoms with E-state index in [1.165, 1.54) is 12.0 Å². The molecule has 1 rings (SSSR count). The van der Waals surface area contributed by atoms with Gasteiger partial charge in [-0.1, -0.05) is 0 Å². The number of carbonyl (C=O) groups is 2. The Kier molecular flexibility index (Phi) is 4.33. The standard InChI is InChI=1S/C11H13NO5/c1-17-9-4-2-8(3-5-9)12(6-10(13)14)7-11(15)16/h2-5H,6-7H2,1H3,(H,13,14)(H,15,16)/p-1. The molecule has 6 heteroatoms. The highest BCUT2D eigenvalue weighted by Gasteiger charge is 2.10. The number of hydrogen-bond acceptors (Lipinski definition) is 5. The highest BCUT2D eigenvalue weighted by Crippen LogP contribution is 2.18. The van der Waals surface area contributed by atoms with Crippen LogP contribution in [0.2, 0.25) is 0 Å². The molecule has 17 heavy (non-hydrogen) atoms. The minimum Gasteiger partial charge on any atom is -0.548 e. The van der Waals surface area contributed by atoms with E-state index in [1.807, 2.05) is 0 Å². The molecule has 92 valence electrons. The van der Waals surface area contributed by atoms with Crippen LogP contribution in [-0.2, 0) is 9.59 Å². The molecule has 0 saturated heterocycles. The maximum atomic E-state index is 10.6. The van der Waals surface area contributed by atoms with Gasteiger partial charge in [0.25, 0.3) is 0 Å². The van der Waals surface area contributed by atoms with Gasteiger partial charge in [-0.15, -0.1) is 0 Å². The number of benzene rings is 1. The number of hydrogen-bond donors (Lipinski definition) is 1. The molecular formula is C11H12NO5-. The van der Waals surface area contributed by atoms with Crippen molar-refractivity contribution < 1.29 is 24.5 Å². The van der Waals surface area contributed by atoms with Gasteiger partial charge in [0.2, 0.25) is 0 Å². The number of carboxylic acid groups (broad SMARTS) is 2. The SMILES string of the molecule is COc1ccc(N(CC(=O)[O-])CC(=O)O)cc1. The molecule has 6 nitrogen and oxygen atoms in total. The summed E-state index contributed by atoms with van der Waals surface area (Å²) in [5.41, 5.74) is 0.484. The minimum atomic E-state index is -1.33. The second kappa shape index (κ2) is 5.74. The van der Waals surface area contributed by atoms with Gasteiger partial charge in [-0.3, -0.25) is 4.79 Å². The number of nitrogens with zero attached hydrogens (tertiary/aromatic N) is 1. The molecule has 0 amide bonds. The highest BCUT2D eigenvalue weighted by atomic mass is 16.5. The van der Waals surface area contributed by atoms with Gasteiger partial charge in [0.15, 0.2) is 0 Å². The molecule has 0 spiro atoms. The fourth-order valence-corrected chi connectivity index (χ4v) is 1.35. The van der Waals surface area contributed by atoms with Crippen molar-refractivity contribution in [3.8, 4) is 5.75 Å². The zero-order chi connectivity index (χ0) is 12.8. The monoisotopic (exact) mass is 238 g/mol. The van der Waals surface area contributed by atoms with Crippen LogP contribution in [0, 0.1) is 0 Å². The van der Waals surface area contributed by atoms with Crippen LogP contribution >= 0.6 is 0 Å². The summed E-state index contributed by atoms with van der Waals surface area (Å²) in [6.07, 6.45) is 0. The molecular weight excluding hydrogens is 226 g/mol. The Bertz CT molecular complexity index is 385. The van der Waals surface area contributed by atoms with Crippen molar-refractivity contribution in [1.82, 2.24) is 0 Å². The first-order valence-electron chi connectivity index (χ1n) is 4.83. The van der Waals surface area contributed by atoms with Crippen molar-refractivity contribution in [2.24, 2.45) is 0 Å². The average molecular weight is 238 g/mol. The first-order chi connectivity index (χ1) is 8.02. The Hall–Kier alpha value is -2.24. The van der Waals surface area contributed by atoms with E-state index in [0.29, 0.717) is 11.4 Å². The zero-order valence-corrected chi connectivity index (χ0v) is 9.25. The molecule has 0 aliphatic rings. The van der Waals surface area contributed by atoms with Crippen LogP contribution in [0.15, 0.2) is 24.3 Å². The normalized spacial score (nSPS) is 9.71. The molecule has 1 aromatic rings. The largest absolute Gasteiger partial charge is 0.548 e. The number of methoxy groups -OCH3 is 1. The summed E-state index contributed by atoms with van der Waals surface area (Å²) in [5, 5.41) is 19.2. The van der Waals surface area contributed by atoms with Crippen LogP contribution in [0.3, 0.4) is 0 Å². The van der Waals surface area contributed by atoms with E-state index in [1.54, 1.807) is 24.3 Å². The van der Waals surface area contributed by atoms with Gasteiger partial charge in [-0.05, 0) is 24.3 Å². The molecule has 0 aromatic heterocycles. The summed E-state index contributed by atoms with van der Waals surface area (Å²) < 4.78 is 4.95. The van der Waals surface area contributed by atoms with Gasteiger partial charge in [0, 0.05) is 5.69 Å². The number of aliphatic carboxylic acids is 2. The lowest BCUT2D eigenvalue weighted by atomic mass is 10.2. The third kappa shape index (κ3) is 4.02. The summed E-state index contributed by atoms with van der Waals surface area (Å²) in [6, 6.07) is 6.42. The predicted octanol–water partition coefficient (Wildman–Crippen LogP) is -0.664. The Morgan fingerprint density at radius 1 is 1.29 bits per heavy atom. The van der Waals surface area contributed by atoms with E-state index in [-0.39, 0.29) is 0 Å². The molecule has 0 heterocycles. The van der Waals surface area contributed by atoms with E-state index in [2.05, 4.69) is 0 Å². The number of carbonyl (C=O) groups excluding carboxylic acids is 1. The highest BCUT2D eigenvalue weighted by molar-refractivity contribution is 5.78.